The lowest BCUT2D eigenvalue weighted by molar-refractivity contribution is 0.446. The smallest absolute Gasteiger partial charge is 0.205 e. The second-order valence-electron chi connectivity index (χ2n) is 5.27. The number of rotatable bonds is 3. The average molecular weight is 309 g/mol. The number of thiazole rings is 1. The van der Waals surface area contributed by atoms with E-state index >= 15 is 0 Å². The van der Waals surface area contributed by atoms with E-state index < -0.39 is 0 Å². The molecule has 1 N–H and O–H groups in total. The Hall–Kier alpha value is -1.21. The Kier molecular flexibility index (Phi) is 3.89. The summed E-state index contributed by atoms with van der Waals surface area (Å²) >= 11 is 3.32. The van der Waals surface area contributed by atoms with Crippen LogP contribution in [0.25, 0.3) is 9.88 Å². The van der Waals surface area contributed by atoms with Crippen LogP contribution in [0.15, 0.2) is 0 Å². The Morgan fingerprint density at radius 1 is 1.30 bits per heavy atom. The van der Waals surface area contributed by atoms with Gasteiger partial charge in [-0.3, -0.25) is 0 Å². The summed E-state index contributed by atoms with van der Waals surface area (Å²) in [6.45, 7) is 6.61. The molecule has 1 unspecified atom stereocenters. The SMILES string of the molecule is CNc1nnc(-c2sc(N3CCCC(C)C3)nc2C)s1. The fourth-order valence-electron chi connectivity index (χ4n) is 2.50. The molecule has 3 rings (SSSR count). The normalized spacial score (nSPS) is 19.4. The monoisotopic (exact) mass is 309 g/mol. The van der Waals surface area contributed by atoms with Crippen molar-refractivity contribution < 1.29 is 0 Å². The third-order valence-electron chi connectivity index (χ3n) is 3.55. The zero-order valence-corrected chi connectivity index (χ0v) is 13.6. The van der Waals surface area contributed by atoms with Crippen LogP contribution in [0, 0.1) is 12.8 Å². The van der Waals surface area contributed by atoms with Gasteiger partial charge in [0, 0.05) is 20.1 Å². The van der Waals surface area contributed by atoms with E-state index in [0.29, 0.717) is 0 Å². The van der Waals surface area contributed by atoms with Crippen LogP contribution in [0.5, 0.6) is 0 Å². The molecule has 108 valence electrons. The van der Waals surface area contributed by atoms with Crippen molar-refractivity contribution in [2.45, 2.75) is 26.7 Å². The summed E-state index contributed by atoms with van der Waals surface area (Å²) < 4.78 is 0. The molecule has 2 aromatic heterocycles. The van der Waals surface area contributed by atoms with Crippen molar-refractivity contribution in [3.63, 3.8) is 0 Å². The Bertz CT molecular complexity index is 591. The van der Waals surface area contributed by atoms with Gasteiger partial charge in [-0.2, -0.15) is 0 Å². The topological polar surface area (TPSA) is 53.9 Å². The highest BCUT2D eigenvalue weighted by Crippen LogP contribution is 2.38. The standard InChI is InChI=1S/C13H19N5S2/c1-8-5-4-6-18(7-8)13-15-9(2)10(19-13)11-16-17-12(14-3)20-11/h8H,4-7H2,1-3H3,(H,14,17). The van der Waals surface area contributed by atoms with E-state index in [2.05, 4.69) is 34.3 Å². The van der Waals surface area contributed by atoms with Gasteiger partial charge in [0.25, 0.3) is 0 Å². The summed E-state index contributed by atoms with van der Waals surface area (Å²) in [6.07, 6.45) is 2.59. The maximum absolute atomic E-state index is 4.74. The lowest BCUT2D eigenvalue weighted by Crippen LogP contribution is -2.34. The minimum absolute atomic E-state index is 0.758. The number of nitrogens with zero attached hydrogens (tertiary/aromatic N) is 4. The highest BCUT2D eigenvalue weighted by Gasteiger charge is 2.22. The minimum atomic E-state index is 0.758. The summed E-state index contributed by atoms with van der Waals surface area (Å²) in [6, 6.07) is 0. The van der Waals surface area contributed by atoms with E-state index in [0.717, 1.165) is 44.8 Å². The number of piperidine rings is 1. The van der Waals surface area contributed by atoms with Crippen molar-refractivity contribution in [2.24, 2.45) is 5.92 Å². The van der Waals surface area contributed by atoms with Crippen molar-refractivity contribution in [1.82, 2.24) is 15.2 Å². The summed E-state index contributed by atoms with van der Waals surface area (Å²) in [5, 5.41) is 14.3. The molecule has 0 bridgehead atoms. The number of aromatic nitrogens is 3. The predicted molar refractivity (Wildman–Crippen MR) is 85.9 cm³/mol. The third-order valence-corrected chi connectivity index (χ3v) is 5.86. The maximum atomic E-state index is 4.74. The number of hydrogen-bond donors (Lipinski definition) is 1. The highest BCUT2D eigenvalue weighted by molar-refractivity contribution is 7.25. The van der Waals surface area contributed by atoms with Crippen LogP contribution in [0.4, 0.5) is 10.3 Å². The molecule has 7 heteroatoms. The van der Waals surface area contributed by atoms with Gasteiger partial charge in [-0.1, -0.05) is 29.6 Å². The molecule has 1 saturated heterocycles. The van der Waals surface area contributed by atoms with Crippen molar-refractivity contribution in [1.29, 1.82) is 0 Å². The Balaban J connectivity index is 1.86. The molecular weight excluding hydrogens is 290 g/mol. The van der Waals surface area contributed by atoms with Gasteiger partial charge >= 0.3 is 0 Å². The zero-order chi connectivity index (χ0) is 14.1. The number of nitrogens with one attached hydrogen (secondary N) is 1. The highest BCUT2D eigenvalue weighted by atomic mass is 32.1. The first kappa shape index (κ1) is 13.8. The van der Waals surface area contributed by atoms with Gasteiger partial charge in [-0.15, -0.1) is 10.2 Å². The number of aryl methyl sites for hydroxylation is 1. The van der Waals surface area contributed by atoms with Gasteiger partial charge in [0.15, 0.2) is 10.1 Å². The first-order valence-corrected chi connectivity index (χ1v) is 8.54. The van der Waals surface area contributed by atoms with Crippen LogP contribution in [0.1, 0.15) is 25.5 Å². The Morgan fingerprint density at radius 2 is 2.15 bits per heavy atom. The second kappa shape index (κ2) is 5.65. The van der Waals surface area contributed by atoms with Gasteiger partial charge in [0.2, 0.25) is 5.13 Å². The fraction of sp³-hybridized carbons (Fsp3) is 0.615. The number of anilines is 2. The molecule has 1 aliphatic heterocycles. The molecule has 1 fully saturated rings. The van der Waals surface area contributed by atoms with E-state index in [1.165, 1.54) is 12.8 Å². The largest absolute Gasteiger partial charge is 0.363 e. The lowest BCUT2D eigenvalue weighted by atomic mass is 10.0. The molecule has 1 atom stereocenters. The molecule has 0 radical (unpaired) electrons. The maximum Gasteiger partial charge on any atom is 0.205 e. The van der Waals surface area contributed by atoms with Crippen LogP contribution in [-0.4, -0.2) is 35.3 Å². The summed E-state index contributed by atoms with van der Waals surface area (Å²) in [5.41, 5.74) is 1.06. The second-order valence-corrected chi connectivity index (χ2v) is 7.22. The number of hydrogen-bond acceptors (Lipinski definition) is 7. The molecule has 1 aliphatic rings. The Labute approximate surface area is 127 Å². The minimum Gasteiger partial charge on any atom is -0.363 e. The van der Waals surface area contributed by atoms with Crippen LogP contribution < -0.4 is 10.2 Å². The van der Waals surface area contributed by atoms with E-state index in [9.17, 15) is 0 Å². The molecule has 0 amide bonds. The third kappa shape index (κ3) is 2.64. The fourth-order valence-corrected chi connectivity index (χ4v) is 4.42. The van der Waals surface area contributed by atoms with Crippen LogP contribution in [0.2, 0.25) is 0 Å². The molecule has 0 aliphatic carbocycles. The first-order valence-electron chi connectivity index (χ1n) is 6.91. The van der Waals surface area contributed by atoms with Crippen molar-refractivity contribution in [3.05, 3.63) is 5.69 Å². The van der Waals surface area contributed by atoms with E-state index in [4.69, 9.17) is 4.98 Å². The van der Waals surface area contributed by atoms with Crippen molar-refractivity contribution in [3.8, 4) is 9.88 Å². The van der Waals surface area contributed by atoms with Crippen LogP contribution in [-0.2, 0) is 0 Å². The van der Waals surface area contributed by atoms with Gasteiger partial charge in [0.05, 0.1) is 10.6 Å². The Morgan fingerprint density at radius 3 is 2.85 bits per heavy atom. The summed E-state index contributed by atoms with van der Waals surface area (Å²) in [5.74, 6) is 0.758. The van der Waals surface area contributed by atoms with Crippen molar-refractivity contribution in [2.75, 3.05) is 30.4 Å². The first-order chi connectivity index (χ1) is 9.67. The predicted octanol–water partition coefficient (Wildman–Crippen LogP) is 3.25. The van der Waals surface area contributed by atoms with E-state index in [1.54, 1.807) is 22.7 Å². The molecule has 0 spiro atoms. The molecule has 0 aromatic carbocycles. The van der Waals surface area contributed by atoms with Gasteiger partial charge in [-0.25, -0.2) is 4.98 Å². The molecular formula is C13H19N5S2. The molecule has 2 aromatic rings. The zero-order valence-electron chi connectivity index (χ0n) is 12.0. The van der Waals surface area contributed by atoms with Gasteiger partial charge < -0.3 is 10.2 Å². The molecule has 3 heterocycles. The molecule has 5 nitrogen and oxygen atoms in total. The van der Waals surface area contributed by atoms with E-state index in [-0.39, 0.29) is 0 Å². The van der Waals surface area contributed by atoms with E-state index in [1.807, 2.05) is 7.05 Å². The van der Waals surface area contributed by atoms with Crippen LogP contribution in [0.3, 0.4) is 0 Å². The van der Waals surface area contributed by atoms with Crippen molar-refractivity contribution >= 4 is 32.9 Å². The van der Waals surface area contributed by atoms with Gasteiger partial charge in [-0.05, 0) is 25.7 Å². The summed E-state index contributed by atoms with van der Waals surface area (Å²) in [4.78, 5) is 8.31. The molecule has 0 saturated carbocycles. The van der Waals surface area contributed by atoms with Gasteiger partial charge in [0.1, 0.15) is 0 Å². The summed E-state index contributed by atoms with van der Waals surface area (Å²) in [7, 11) is 1.87. The van der Waals surface area contributed by atoms with Crippen LogP contribution >= 0.6 is 22.7 Å². The molecule has 20 heavy (non-hydrogen) atoms. The lowest BCUT2D eigenvalue weighted by Gasteiger charge is -2.30. The quantitative estimate of drug-likeness (QED) is 0.943. The average Bonchev–Trinajstić information content (AvgIpc) is 3.04.